The molecule has 0 saturated carbocycles. The van der Waals surface area contributed by atoms with E-state index in [2.05, 4.69) is 37.9 Å². The van der Waals surface area contributed by atoms with Crippen molar-refractivity contribution < 1.29 is 19.0 Å². The molecule has 0 bridgehead atoms. The molecule has 0 radical (unpaired) electrons. The first-order chi connectivity index (χ1) is 12.4. The maximum absolute atomic E-state index is 11.7. The quantitative estimate of drug-likeness (QED) is 0.761. The molecule has 0 aromatic heterocycles. The molecule has 1 spiro atoms. The number of nitrogens with zero attached hydrogens (tertiary/aromatic N) is 1. The summed E-state index contributed by atoms with van der Waals surface area (Å²) in [5, 5.41) is 0. The fraction of sp³-hybridized carbons (Fsp3) is 0.571. The number of methoxy groups -OCH3 is 1. The number of rotatable bonds is 2. The Kier molecular flexibility index (Phi) is 4.03. The monoisotopic (exact) mass is 357 g/mol. The fourth-order valence-corrected chi connectivity index (χ4v) is 5.33. The van der Waals surface area contributed by atoms with Crippen LogP contribution in [0.5, 0.6) is 11.5 Å². The average molecular weight is 357 g/mol. The number of carbonyl (C=O) groups excluding carboxylic acids is 1. The van der Waals surface area contributed by atoms with Gasteiger partial charge in [0, 0.05) is 23.9 Å². The Morgan fingerprint density at radius 3 is 2.85 bits per heavy atom. The first-order valence-corrected chi connectivity index (χ1v) is 9.33. The molecule has 4 rings (SSSR count). The lowest BCUT2D eigenvalue weighted by molar-refractivity contribution is -0.139. The highest BCUT2D eigenvalue weighted by Crippen LogP contribution is 2.61. The van der Waals surface area contributed by atoms with E-state index in [1.54, 1.807) is 7.11 Å². The van der Waals surface area contributed by atoms with Crippen LogP contribution in [0.3, 0.4) is 0 Å². The Morgan fingerprint density at radius 2 is 2.15 bits per heavy atom. The summed E-state index contributed by atoms with van der Waals surface area (Å²) in [7, 11) is 3.86. The van der Waals surface area contributed by atoms with Crippen LogP contribution < -0.4 is 9.47 Å². The van der Waals surface area contributed by atoms with Crippen LogP contribution >= 0.6 is 0 Å². The van der Waals surface area contributed by atoms with Crippen LogP contribution in [0.1, 0.15) is 37.8 Å². The minimum atomic E-state index is -0.297. The first-order valence-electron chi connectivity index (χ1n) is 9.33. The molecule has 1 fully saturated rings. The van der Waals surface area contributed by atoms with E-state index >= 15 is 0 Å². The van der Waals surface area contributed by atoms with Crippen molar-refractivity contribution in [2.45, 2.75) is 51.2 Å². The molecule has 0 amide bonds. The van der Waals surface area contributed by atoms with Gasteiger partial charge in [-0.3, -0.25) is 4.79 Å². The van der Waals surface area contributed by atoms with Crippen LogP contribution in [-0.2, 0) is 14.9 Å². The van der Waals surface area contributed by atoms with E-state index in [9.17, 15) is 4.79 Å². The summed E-state index contributed by atoms with van der Waals surface area (Å²) in [5.41, 5.74) is 2.28. The normalized spacial score (nSPS) is 32.7. The van der Waals surface area contributed by atoms with Crippen molar-refractivity contribution in [1.29, 1.82) is 0 Å². The molecule has 5 nitrogen and oxygen atoms in total. The van der Waals surface area contributed by atoms with Crippen molar-refractivity contribution >= 4 is 5.97 Å². The summed E-state index contributed by atoms with van der Waals surface area (Å²) in [6, 6.07) is 4.49. The van der Waals surface area contributed by atoms with E-state index in [1.165, 1.54) is 18.1 Å². The largest absolute Gasteiger partial charge is 0.493 e. The summed E-state index contributed by atoms with van der Waals surface area (Å²) < 4.78 is 17.7. The second-order valence-corrected chi connectivity index (χ2v) is 7.84. The minimum Gasteiger partial charge on any atom is -0.493 e. The third kappa shape index (κ3) is 2.22. The number of hydrogen-bond donors (Lipinski definition) is 0. The number of hydrogen-bond acceptors (Lipinski definition) is 5. The van der Waals surface area contributed by atoms with E-state index in [0.29, 0.717) is 17.7 Å². The van der Waals surface area contributed by atoms with E-state index in [-0.39, 0.29) is 17.5 Å². The number of benzene rings is 1. The van der Waals surface area contributed by atoms with Gasteiger partial charge < -0.3 is 19.1 Å². The summed E-state index contributed by atoms with van der Waals surface area (Å²) >= 11 is 0. The number of allylic oxidation sites excluding steroid dienone is 1. The number of esters is 1. The van der Waals surface area contributed by atoms with Gasteiger partial charge in [0.15, 0.2) is 17.6 Å². The van der Waals surface area contributed by atoms with Crippen molar-refractivity contribution in [2.24, 2.45) is 5.92 Å². The Morgan fingerprint density at radius 1 is 1.38 bits per heavy atom. The SMILES string of the molecule is COc1ccc(C)c2c1OC1C(OC(C)=O)=CCC3C(C)N(C)CCC213. The number of aryl methyl sites for hydroxylation is 1. The molecule has 1 saturated heterocycles. The van der Waals surface area contributed by atoms with Crippen LogP contribution in [0.2, 0.25) is 0 Å². The summed E-state index contributed by atoms with van der Waals surface area (Å²) in [6.45, 7) is 6.87. The Hall–Kier alpha value is -2.01. The topological polar surface area (TPSA) is 48.0 Å². The van der Waals surface area contributed by atoms with Crippen molar-refractivity contribution in [2.75, 3.05) is 20.7 Å². The molecule has 2 heterocycles. The first kappa shape index (κ1) is 17.4. The molecule has 2 aliphatic heterocycles. The molecule has 1 aromatic carbocycles. The Balaban J connectivity index is 1.93. The molecule has 26 heavy (non-hydrogen) atoms. The average Bonchev–Trinajstić information content (AvgIpc) is 2.95. The lowest BCUT2D eigenvalue weighted by Gasteiger charge is -2.53. The zero-order valence-corrected chi connectivity index (χ0v) is 16.2. The molecule has 4 unspecified atom stereocenters. The Labute approximate surface area is 154 Å². The third-order valence-electron chi connectivity index (χ3n) is 6.63. The molecular weight excluding hydrogens is 330 g/mol. The van der Waals surface area contributed by atoms with E-state index < -0.39 is 0 Å². The Bertz CT molecular complexity index is 786. The van der Waals surface area contributed by atoms with E-state index in [1.807, 2.05) is 6.07 Å². The van der Waals surface area contributed by atoms with Crippen LogP contribution in [0.25, 0.3) is 0 Å². The maximum atomic E-state index is 11.7. The number of piperidine rings is 1. The van der Waals surface area contributed by atoms with Gasteiger partial charge in [-0.05, 0) is 63.9 Å². The molecule has 4 atom stereocenters. The molecular formula is C21H27NO4. The fourth-order valence-electron chi connectivity index (χ4n) is 5.33. The number of likely N-dealkylation sites (tertiary alicyclic amines) is 1. The molecule has 140 valence electrons. The van der Waals surface area contributed by atoms with Crippen molar-refractivity contribution in [3.05, 3.63) is 35.1 Å². The van der Waals surface area contributed by atoms with Gasteiger partial charge >= 0.3 is 5.97 Å². The van der Waals surface area contributed by atoms with E-state index in [4.69, 9.17) is 14.2 Å². The van der Waals surface area contributed by atoms with Crippen LogP contribution in [0.15, 0.2) is 24.0 Å². The van der Waals surface area contributed by atoms with Crippen LogP contribution in [-0.4, -0.2) is 43.7 Å². The number of ether oxygens (including phenoxy) is 3. The van der Waals surface area contributed by atoms with Gasteiger partial charge in [0.25, 0.3) is 0 Å². The second kappa shape index (κ2) is 6.02. The zero-order chi connectivity index (χ0) is 18.6. The molecule has 3 aliphatic rings. The highest BCUT2D eigenvalue weighted by atomic mass is 16.6. The van der Waals surface area contributed by atoms with E-state index in [0.717, 1.165) is 30.9 Å². The van der Waals surface area contributed by atoms with Gasteiger partial charge in [-0.15, -0.1) is 0 Å². The van der Waals surface area contributed by atoms with Crippen LogP contribution in [0.4, 0.5) is 0 Å². The van der Waals surface area contributed by atoms with Crippen molar-refractivity contribution in [3.63, 3.8) is 0 Å². The van der Waals surface area contributed by atoms with Gasteiger partial charge in [-0.2, -0.15) is 0 Å². The highest BCUT2D eigenvalue weighted by Gasteiger charge is 2.61. The lowest BCUT2D eigenvalue weighted by atomic mass is 9.57. The predicted octanol–water partition coefficient (Wildman–Crippen LogP) is 3.19. The van der Waals surface area contributed by atoms with Gasteiger partial charge in [-0.25, -0.2) is 0 Å². The van der Waals surface area contributed by atoms with Gasteiger partial charge in [0.05, 0.1) is 7.11 Å². The van der Waals surface area contributed by atoms with Crippen LogP contribution in [0, 0.1) is 12.8 Å². The molecule has 1 aromatic rings. The summed E-state index contributed by atoms with van der Waals surface area (Å²) in [6.07, 6.45) is 3.64. The van der Waals surface area contributed by atoms with Crippen molar-refractivity contribution in [3.8, 4) is 11.5 Å². The maximum Gasteiger partial charge on any atom is 0.307 e. The lowest BCUT2D eigenvalue weighted by Crippen LogP contribution is -2.60. The molecule has 5 heteroatoms. The third-order valence-corrected chi connectivity index (χ3v) is 6.63. The molecule has 1 aliphatic carbocycles. The minimum absolute atomic E-state index is 0.181. The summed E-state index contributed by atoms with van der Waals surface area (Å²) in [5.74, 6) is 2.33. The standard InChI is InChI=1S/C21H27NO4/c1-12-6-8-16(24-5)19-18(12)21-10-11-22(4)13(2)15(21)7-9-17(20(21)26-19)25-14(3)23/h6,8-9,13,15,20H,7,10-11H2,1-5H3. The zero-order valence-electron chi connectivity index (χ0n) is 16.2. The second-order valence-electron chi connectivity index (χ2n) is 7.84. The number of carbonyl (C=O) groups is 1. The number of fused-ring (bicyclic) bond motifs is 1. The smallest absolute Gasteiger partial charge is 0.307 e. The van der Waals surface area contributed by atoms with Crippen molar-refractivity contribution in [1.82, 2.24) is 4.90 Å². The van der Waals surface area contributed by atoms with Gasteiger partial charge in [0.2, 0.25) is 0 Å². The summed E-state index contributed by atoms with van der Waals surface area (Å²) in [4.78, 5) is 14.1. The molecule has 0 N–H and O–H groups in total. The van der Waals surface area contributed by atoms with Gasteiger partial charge in [-0.1, -0.05) is 6.07 Å². The van der Waals surface area contributed by atoms with Gasteiger partial charge in [0.1, 0.15) is 5.76 Å². The highest BCUT2D eigenvalue weighted by molar-refractivity contribution is 5.68. The predicted molar refractivity (Wildman–Crippen MR) is 98.5 cm³/mol.